The second kappa shape index (κ2) is 9.76. The number of nitrogens with one attached hydrogen (secondary N) is 2. The number of hydrogen-bond donors (Lipinski definition) is 2. The molecule has 0 aliphatic rings. The van der Waals surface area contributed by atoms with Crippen molar-refractivity contribution in [3.63, 3.8) is 0 Å². The standard InChI is InChI=1S/C23H21ClN2O4S/c1-16-7-10-20(25-23(28)14-13-21(27)17-5-3-2-4-6-17)15-22(16)31(29,30)26-19-11-8-18(24)9-12-19/h2-12,15,26H,13-14H2,1H3,(H,25,28). The predicted molar refractivity (Wildman–Crippen MR) is 122 cm³/mol. The van der Waals surface area contributed by atoms with Crippen LogP contribution in [0.3, 0.4) is 0 Å². The summed E-state index contributed by atoms with van der Waals surface area (Å²) in [5.74, 6) is -0.503. The number of ketones is 1. The zero-order chi connectivity index (χ0) is 22.4. The second-order valence-electron chi connectivity index (χ2n) is 6.93. The molecule has 1 amide bonds. The summed E-state index contributed by atoms with van der Waals surface area (Å²) in [4.78, 5) is 24.5. The van der Waals surface area contributed by atoms with E-state index in [1.165, 1.54) is 6.07 Å². The van der Waals surface area contributed by atoms with Crippen LogP contribution >= 0.6 is 11.6 Å². The molecule has 6 nitrogen and oxygen atoms in total. The van der Waals surface area contributed by atoms with E-state index in [4.69, 9.17) is 11.6 Å². The zero-order valence-corrected chi connectivity index (χ0v) is 18.3. The largest absolute Gasteiger partial charge is 0.326 e. The number of amides is 1. The zero-order valence-electron chi connectivity index (χ0n) is 16.8. The van der Waals surface area contributed by atoms with E-state index in [1.807, 2.05) is 6.07 Å². The molecular formula is C23H21ClN2O4S. The number of carbonyl (C=O) groups is 2. The van der Waals surface area contributed by atoms with Crippen LogP contribution in [0.4, 0.5) is 11.4 Å². The summed E-state index contributed by atoms with van der Waals surface area (Å²) in [6.45, 7) is 1.67. The molecule has 3 aromatic rings. The van der Waals surface area contributed by atoms with Crippen LogP contribution in [0.1, 0.15) is 28.8 Å². The molecule has 3 rings (SSSR count). The van der Waals surface area contributed by atoms with Gasteiger partial charge in [-0.15, -0.1) is 0 Å². The molecule has 0 heterocycles. The van der Waals surface area contributed by atoms with Crippen molar-refractivity contribution in [3.05, 3.63) is 88.9 Å². The number of aryl methyl sites for hydroxylation is 1. The SMILES string of the molecule is Cc1ccc(NC(=O)CCC(=O)c2ccccc2)cc1S(=O)(=O)Nc1ccc(Cl)cc1. The molecule has 0 atom stereocenters. The first-order valence-corrected chi connectivity index (χ1v) is 11.4. The first-order valence-electron chi connectivity index (χ1n) is 9.52. The molecule has 0 aromatic heterocycles. The van der Waals surface area contributed by atoms with Gasteiger partial charge < -0.3 is 5.32 Å². The molecule has 31 heavy (non-hydrogen) atoms. The van der Waals surface area contributed by atoms with E-state index in [0.717, 1.165) is 0 Å². The third-order valence-electron chi connectivity index (χ3n) is 4.53. The highest BCUT2D eigenvalue weighted by Crippen LogP contribution is 2.24. The molecule has 2 N–H and O–H groups in total. The van der Waals surface area contributed by atoms with Gasteiger partial charge in [-0.1, -0.05) is 48.0 Å². The number of benzene rings is 3. The Morgan fingerprint density at radius 2 is 1.52 bits per heavy atom. The topological polar surface area (TPSA) is 92.3 Å². The smallest absolute Gasteiger partial charge is 0.262 e. The molecule has 0 bridgehead atoms. The summed E-state index contributed by atoms with van der Waals surface area (Å²) < 4.78 is 28.1. The van der Waals surface area contributed by atoms with Gasteiger partial charge in [0.1, 0.15) is 0 Å². The Balaban J connectivity index is 1.68. The maximum absolute atomic E-state index is 12.8. The number of hydrogen-bond acceptors (Lipinski definition) is 4. The Kier molecular flexibility index (Phi) is 7.09. The molecule has 3 aromatic carbocycles. The molecule has 160 valence electrons. The number of Topliss-reactive ketones (excluding diaryl/α,β-unsaturated/α-hetero) is 1. The van der Waals surface area contributed by atoms with Crippen molar-refractivity contribution in [2.75, 3.05) is 10.0 Å². The van der Waals surface area contributed by atoms with Crippen LogP contribution in [0.5, 0.6) is 0 Å². The summed E-state index contributed by atoms with van der Waals surface area (Å²) in [6, 6.07) is 19.7. The summed E-state index contributed by atoms with van der Waals surface area (Å²) in [7, 11) is -3.88. The van der Waals surface area contributed by atoms with Crippen molar-refractivity contribution in [3.8, 4) is 0 Å². The average molecular weight is 457 g/mol. The first-order chi connectivity index (χ1) is 14.7. The minimum Gasteiger partial charge on any atom is -0.326 e. The van der Waals surface area contributed by atoms with Gasteiger partial charge in [0.15, 0.2) is 5.78 Å². The summed E-state index contributed by atoms with van der Waals surface area (Å²) in [6.07, 6.45) is 0.0533. The molecular weight excluding hydrogens is 436 g/mol. The molecule has 0 unspecified atom stereocenters. The molecule has 0 saturated heterocycles. The maximum atomic E-state index is 12.8. The van der Waals surface area contributed by atoms with Crippen LogP contribution < -0.4 is 10.0 Å². The van der Waals surface area contributed by atoms with E-state index in [-0.39, 0.29) is 29.4 Å². The lowest BCUT2D eigenvalue weighted by molar-refractivity contribution is -0.116. The van der Waals surface area contributed by atoms with Crippen LogP contribution in [0, 0.1) is 6.92 Å². The molecule has 0 radical (unpaired) electrons. The highest BCUT2D eigenvalue weighted by Gasteiger charge is 2.18. The van der Waals surface area contributed by atoms with Gasteiger partial charge in [0.25, 0.3) is 10.0 Å². The third-order valence-corrected chi connectivity index (χ3v) is 6.31. The van der Waals surface area contributed by atoms with Crippen molar-refractivity contribution in [2.45, 2.75) is 24.7 Å². The normalized spacial score (nSPS) is 11.0. The van der Waals surface area contributed by atoms with Gasteiger partial charge in [0.05, 0.1) is 4.90 Å². The Morgan fingerprint density at radius 3 is 2.19 bits per heavy atom. The van der Waals surface area contributed by atoms with Crippen LogP contribution in [0.25, 0.3) is 0 Å². The van der Waals surface area contributed by atoms with E-state index >= 15 is 0 Å². The highest BCUT2D eigenvalue weighted by molar-refractivity contribution is 7.92. The summed E-state index contributed by atoms with van der Waals surface area (Å²) in [5, 5.41) is 3.15. The number of halogens is 1. The van der Waals surface area contributed by atoms with E-state index < -0.39 is 10.0 Å². The van der Waals surface area contributed by atoms with E-state index in [2.05, 4.69) is 10.0 Å². The minimum atomic E-state index is -3.88. The Hall–Kier alpha value is -3.16. The van der Waals surface area contributed by atoms with Gasteiger partial charge in [0, 0.05) is 34.8 Å². The number of anilines is 2. The fourth-order valence-corrected chi connectivity index (χ4v) is 4.37. The quantitative estimate of drug-likeness (QED) is 0.464. The van der Waals surface area contributed by atoms with Gasteiger partial charge in [-0.05, 0) is 48.9 Å². The highest BCUT2D eigenvalue weighted by atomic mass is 35.5. The molecule has 0 aliphatic carbocycles. The van der Waals surface area contributed by atoms with E-state index in [1.54, 1.807) is 67.6 Å². The lowest BCUT2D eigenvalue weighted by Crippen LogP contribution is -2.16. The Labute approximate surface area is 186 Å². The summed E-state index contributed by atoms with van der Waals surface area (Å²) in [5.41, 5.74) is 1.78. The van der Waals surface area contributed by atoms with Crippen LogP contribution in [-0.4, -0.2) is 20.1 Å². The van der Waals surface area contributed by atoms with Gasteiger partial charge in [-0.3, -0.25) is 14.3 Å². The summed E-state index contributed by atoms with van der Waals surface area (Å²) >= 11 is 5.84. The molecule has 0 aliphatic heterocycles. The number of sulfonamides is 1. The van der Waals surface area contributed by atoms with Crippen molar-refractivity contribution < 1.29 is 18.0 Å². The molecule has 8 heteroatoms. The Bertz CT molecular complexity index is 1190. The van der Waals surface area contributed by atoms with Crippen molar-refractivity contribution in [2.24, 2.45) is 0 Å². The van der Waals surface area contributed by atoms with Gasteiger partial charge in [-0.25, -0.2) is 8.42 Å². The Morgan fingerprint density at radius 1 is 0.871 bits per heavy atom. The van der Waals surface area contributed by atoms with Crippen LogP contribution in [-0.2, 0) is 14.8 Å². The third kappa shape index (κ3) is 6.16. The minimum absolute atomic E-state index is 0.00723. The number of carbonyl (C=O) groups excluding carboxylic acids is 2. The van der Waals surface area contributed by atoms with Crippen molar-refractivity contribution >= 4 is 44.7 Å². The van der Waals surface area contributed by atoms with Crippen molar-refractivity contribution in [1.82, 2.24) is 0 Å². The van der Waals surface area contributed by atoms with E-state index in [0.29, 0.717) is 27.5 Å². The molecule has 0 saturated carbocycles. The van der Waals surface area contributed by atoms with Crippen molar-refractivity contribution in [1.29, 1.82) is 0 Å². The lowest BCUT2D eigenvalue weighted by Gasteiger charge is -2.13. The molecule has 0 fully saturated rings. The van der Waals surface area contributed by atoms with Gasteiger partial charge >= 0.3 is 0 Å². The van der Waals surface area contributed by atoms with Gasteiger partial charge in [0.2, 0.25) is 5.91 Å². The first kappa shape index (κ1) is 22.5. The predicted octanol–water partition coefficient (Wildman–Crippen LogP) is 5.05. The fraction of sp³-hybridized carbons (Fsp3) is 0.130. The van der Waals surface area contributed by atoms with Crippen LogP contribution in [0.2, 0.25) is 5.02 Å². The van der Waals surface area contributed by atoms with Gasteiger partial charge in [-0.2, -0.15) is 0 Å². The van der Waals surface area contributed by atoms with E-state index in [9.17, 15) is 18.0 Å². The van der Waals surface area contributed by atoms with Crippen LogP contribution in [0.15, 0.2) is 77.7 Å². The maximum Gasteiger partial charge on any atom is 0.262 e. The average Bonchev–Trinajstić information content (AvgIpc) is 2.75. The lowest BCUT2D eigenvalue weighted by atomic mass is 10.1. The fourth-order valence-electron chi connectivity index (χ4n) is 2.91. The second-order valence-corrected chi connectivity index (χ2v) is 9.02. The molecule has 0 spiro atoms. The monoisotopic (exact) mass is 456 g/mol. The number of rotatable bonds is 8.